The van der Waals surface area contributed by atoms with Gasteiger partial charge in [0.05, 0.1) is 4.90 Å². The first-order valence-corrected chi connectivity index (χ1v) is 10.3. The number of amides is 2. The van der Waals surface area contributed by atoms with Gasteiger partial charge in [0, 0.05) is 43.8 Å². The van der Waals surface area contributed by atoms with Crippen LogP contribution in [0.5, 0.6) is 0 Å². The first kappa shape index (κ1) is 20.2. The molecule has 1 aliphatic rings. The highest BCUT2D eigenvalue weighted by Crippen LogP contribution is 2.16. The summed E-state index contributed by atoms with van der Waals surface area (Å²) in [6.07, 6.45) is 2.37. The van der Waals surface area contributed by atoms with Gasteiger partial charge in [0.15, 0.2) is 0 Å². The van der Waals surface area contributed by atoms with E-state index < -0.39 is 28.3 Å². The van der Waals surface area contributed by atoms with Crippen molar-refractivity contribution in [1.82, 2.24) is 20.3 Å². The quantitative estimate of drug-likeness (QED) is 0.578. The molecule has 2 atom stereocenters. The zero-order valence-corrected chi connectivity index (χ0v) is 15.9. The fourth-order valence-corrected chi connectivity index (χ4v) is 4.09. The van der Waals surface area contributed by atoms with E-state index in [4.69, 9.17) is 0 Å². The number of hydrogen-bond donors (Lipinski definition) is 4. The van der Waals surface area contributed by atoms with Crippen LogP contribution in [0, 0.1) is 0 Å². The average molecular weight is 407 g/mol. The van der Waals surface area contributed by atoms with Crippen LogP contribution in [0.1, 0.15) is 12.0 Å². The average Bonchev–Trinajstić information content (AvgIpc) is 2.67. The molecule has 1 fully saturated rings. The molecule has 2 unspecified atom stereocenters. The van der Waals surface area contributed by atoms with Gasteiger partial charge in [0.1, 0.15) is 6.17 Å². The molecule has 1 aromatic carbocycles. The van der Waals surface area contributed by atoms with E-state index in [1.54, 1.807) is 18.5 Å². The van der Waals surface area contributed by atoms with Gasteiger partial charge in [-0.3, -0.25) is 4.98 Å². The summed E-state index contributed by atoms with van der Waals surface area (Å²) < 4.78 is 40.8. The molecule has 0 aliphatic carbocycles. The molecule has 2 heterocycles. The Morgan fingerprint density at radius 3 is 2.68 bits per heavy atom. The highest BCUT2D eigenvalue weighted by Gasteiger charge is 2.26. The molecule has 0 bridgehead atoms. The minimum absolute atomic E-state index is 0.0507. The van der Waals surface area contributed by atoms with Crippen molar-refractivity contribution in [3.8, 4) is 0 Å². The zero-order chi connectivity index (χ0) is 20.0. The Balaban J connectivity index is 1.54. The number of hydrogen-bond acceptors (Lipinski definition) is 5. The molecule has 4 N–H and O–H groups in total. The van der Waals surface area contributed by atoms with Gasteiger partial charge < -0.3 is 16.0 Å². The highest BCUT2D eigenvalue weighted by molar-refractivity contribution is 7.89. The summed E-state index contributed by atoms with van der Waals surface area (Å²) in [6.45, 7) is 0.943. The van der Waals surface area contributed by atoms with Gasteiger partial charge in [0.25, 0.3) is 0 Å². The predicted molar refractivity (Wildman–Crippen MR) is 103 cm³/mol. The van der Waals surface area contributed by atoms with E-state index in [-0.39, 0.29) is 17.9 Å². The summed E-state index contributed by atoms with van der Waals surface area (Å²) in [7, 11) is -3.77. The summed E-state index contributed by atoms with van der Waals surface area (Å²) in [5, 5.41) is 8.17. The van der Waals surface area contributed by atoms with Gasteiger partial charge in [-0.15, -0.1) is 0 Å². The maximum absolute atomic E-state index is 13.4. The number of rotatable bonds is 6. The van der Waals surface area contributed by atoms with E-state index in [0.29, 0.717) is 18.8 Å². The molecule has 0 spiro atoms. The van der Waals surface area contributed by atoms with Crippen LogP contribution in [0.25, 0.3) is 0 Å². The minimum atomic E-state index is -3.77. The summed E-state index contributed by atoms with van der Waals surface area (Å²) in [4.78, 5) is 16.0. The predicted octanol–water partition coefficient (Wildman–Crippen LogP) is 1.38. The van der Waals surface area contributed by atoms with E-state index in [1.807, 2.05) is 6.07 Å². The van der Waals surface area contributed by atoms with E-state index in [0.717, 1.165) is 5.56 Å². The fraction of sp³-hybridized carbons (Fsp3) is 0.333. The lowest BCUT2D eigenvalue weighted by atomic mass is 10.1. The van der Waals surface area contributed by atoms with Crippen LogP contribution in [-0.4, -0.2) is 44.7 Å². The SMILES string of the molecule is O=C(NCc1cccnc1)Nc1ccc(S(=O)(=O)NC2CNCC(F)C2)cc1. The number of benzene rings is 1. The first-order valence-electron chi connectivity index (χ1n) is 8.83. The van der Waals surface area contributed by atoms with Crippen molar-refractivity contribution in [2.45, 2.75) is 30.1 Å². The van der Waals surface area contributed by atoms with Crippen molar-refractivity contribution >= 4 is 21.7 Å². The standard InChI is InChI=1S/C18H22FN5O3S/c19-14-8-16(12-21-11-14)24-28(26,27)17-5-3-15(4-6-17)23-18(25)22-10-13-2-1-7-20-9-13/h1-7,9,14,16,21,24H,8,10-12H2,(H2,22,23,25). The van der Waals surface area contributed by atoms with Crippen molar-refractivity contribution < 1.29 is 17.6 Å². The molecule has 0 saturated carbocycles. The Kier molecular flexibility index (Phi) is 6.55. The number of piperidine rings is 1. The first-order chi connectivity index (χ1) is 13.4. The molecule has 0 radical (unpaired) electrons. The van der Waals surface area contributed by atoms with E-state index in [9.17, 15) is 17.6 Å². The Hall–Kier alpha value is -2.56. The maximum Gasteiger partial charge on any atom is 0.319 e. The maximum atomic E-state index is 13.4. The fourth-order valence-electron chi connectivity index (χ4n) is 2.84. The number of nitrogens with one attached hydrogen (secondary N) is 4. The van der Waals surface area contributed by atoms with Crippen LogP contribution in [-0.2, 0) is 16.6 Å². The zero-order valence-electron chi connectivity index (χ0n) is 15.1. The third kappa shape index (κ3) is 5.72. The molecule has 1 aliphatic heterocycles. The number of alkyl halides is 1. The number of nitrogens with zero attached hydrogens (tertiary/aromatic N) is 1. The van der Waals surface area contributed by atoms with Crippen molar-refractivity contribution in [2.75, 3.05) is 18.4 Å². The molecule has 2 aromatic rings. The van der Waals surface area contributed by atoms with Crippen LogP contribution < -0.4 is 20.7 Å². The summed E-state index contributed by atoms with van der Waals surface area (Å²) in [6, 6.07) is 8.48. The van der Waals surface area contributed by atoms with E-state index in [2.05, 4.69) is 25.7 Å². The second kappa shape index (κ2) is 9.09. The van der Waals surface area contributed by atoms with Crippen molar-refractivity contribution in [3.63, 3.8) is 0 Å². The normalized spacial score (nSPS) is 19.8. The van der Waals surface area contributed by atoms with Crippen LogP contribution in [0.2, 0.25) is 0 Å². The second-order valence-electron chi connectivity index (χ2n) is 6.50. The van der Waals surface area contributed by atoms with Crippen molar-refractivity contribution in [3.05, 3.63) is 54.4 Å². The van der Waals surface area contributed by atoms with Gasteiger partial charge in [-0.1, -0.05) is 6.07 Å². The summed E-state index contributed by atoms with van der Waals surface area (Å²) >= 11 is 0. The molecule has 1 aromatic heterocycles. The second-order valence-corrected chi connectivity index (χ2v) is 8.22. The summed E-state index contributed by atoms with van der Waals surface area (Å²) in [5.74, 6) is 0. The minimum Gasteiger partial charge on any atom is -0.334 e. The van der Waals surface area contributed by atoms with E-state index >= 15 is 0 Å². The molecular weight excluding hydrogens is 385 g/mol. The van der Waals surface area contributed by atoms with Gasteiger partial charge in [-0.2, -0.15) is 0 Å². The molecule has 1 saturated heterocycles. The largest absolute Gasteiger partial charge is 0.334 e. The molecule has 3 rings (SSSR count). The lowest BCUT2D eigenvalue weighted by Gasteiger charge is -2.26. The number of carbonyl (C=O) groups excluding carboxylic acids is 1. The molecular formula is C18H22FN5O3S. The summed E-state index contributed by atoms with van der Waals surface area (Å²) in [5.41, 5.74) is 1.31. The number of pyridine rings is 1. The van der Waals surface area contributed by atoms with Gasteiger partial charge >= 0.3 is 6.03 Å². The molecule has 150 valence electrons. The number of urea groups is 1. The Bertz CT molecular complexity index is 893. The van der Waals surface area contributed by atoms with Crippen LogP contribution in [0.15, 0.2) is 53.7 Å². The van der Waals surface area contributed by atoms with Crippen LogP contribution >= 0.6 is 0 Å². The van der Waals surface area contributed by atoms with E-state index in [1.165, 1.54) is 24.3 Å². The monoisotopic (exact) mass is 407 g/mol. The lowest BCUT2D eigenvalue weighted by molar-refractivity contribution is 0.241. The molecule has 28 heavy (non-hydrogen) atoms. The number of aromatic nitrogens is 1. The Morgan fingerprint density at radius 2 is 2.00 bits per heavy atom. The lowest BCUT2D eigenvalue weighted by Crippen LogP contribution is -2.49. The molecule has 2 amide bonds. The highest BCUT2D eigenvalue weighted by atomic mass is 32.2. The third-order valence-corrected chi connectivity index (χ3v) is 5.75. The Morgan fingerprint density at radius 1 is 1.21 bits per heavy atom. The third-order valence-electron chi connectivity index (χ3n) is 4.22. The topological polar surface area (TPSA) is 112 Å². The number of halogens is 1. The van der Waals surface area contributed by atoms with Crippen LogP contribution in [0.4, 0.5) is 14.9 Å². The molecule has 10 heteroatoms. The molecule has 8 nitrogen and oxygen atoms in total. The van der Waals surface area contributed by atoms with Gasteiger partial charge in [-0.05, 0) is 42.3 Å². The van der Waals surface area contributed by atoms with Gasteiger partial charge in [-0.25, -0.2) is 22.3 Å². The van der Waals surface area contributed by atoms with Crippen LogP contribution in [0.3, 0.4) is 0 Å². The number of anilines is 1. The Labute approximate surface area is 163 Å². The van der Waals surface area contributed by atoms with Crippen molar-refractivity contribution in [1.29, 1.82) is 0 Å². The number of carbonyl (C=O) groups is 1. The van der Waals surface area contributed by atoms with Crippen molar-refractivity contribution in [2.24, 2.45) is 0 Å². The smallest absolute Gasteiger partial charge is 0.319 e. The van der Waals surface area contributed by atoms with Gasteiger partial charge in [0.2, 0.25) is 10.0 Å². The number of sulfonamides is 1.